The average molecular weight is 364 g/mol. The van der Waals surface area contributed by atoms with Gasteiger partial charge in [-0.05, 0) is 37.0 Å². The van der Waals surface area contributed by atoms with Gasteiger partial charge in [0.15, 0.2) is 5.82 Å². The number of halogens is 1. The highest BCUT2D eigenvalue weighted by molar-refractivity contribution is 5.94. The average Bonchev–Trinajstić information content (AvgIpc) is 3.17. The summed E-state index contributed by atoms with van der Waals surface area (Å²) in [6.07, 6.45) is 2.63. The van der Waals surface area contributed by atoms with Gasteiger partial charge >= 0.3 is 0 Å². The van der Waals surface area contributed by atoms with E-state index in [1.807, 2.05) is 30.3 Å². The summed E-state index contributed by atoms with van der Waals surface area (Å²) >= 11 is 0. The van der Waals surface area contributed by atoms with Crippen LogP contribution in [0.2, 0.25) is 0 Å². The van der Waals surface area contributed by atoms with E-state index in [1.165, 1.54) is 12.1 Å². The van der Waals surface area contributed by atoms with Crippen LogP contribution >= 0.6 is 0 Å². The molecule has 0 aliphatic carbocycles. The van der Waals surface area contributed by atoms with Crippen LogP contribution in [0.3, 0.4) is 0 Å². The maximum Gasteiger partial charge on any atom is 0.253 e. The Balaban J connectivity index is 1.33. The summed E-state index contributed by atoms with van der Waals surface area (Å²) in [7, 11) is 0. The molecule has 1 amide bonds. The minimum atomic E-state index is -0.379. The molecule has 0 saturated carbocycles. The van der Waals surface area contributed by atoms with Crippen LogP contribution in [-0.2, 0) is 6.42 Å². The third-order valence-corrected chi connectivity index (χ3v) is 5.02. The molecule has 0 unspecified atom stereocenters. The van der Waals surface area contributed by atoms with E-state index in [0.717, 1.165) is 30.7 Å². The minimum absolute atomic E-state index is 0.0982. The molecule has 27 heavy (non-hydrogen) atoms. The highest BCUT2D eigenvalue weighted by Gasteiger charge is 2.24. The highest BCUT2D eigenvalue weighted by atomic mass is 19.1. The minimum Gasteiger partial charge on any atom is -0.339 e. The van der Waals surface area contributed by atoms with Crippen LogP contribution in [0.25, 0.3) is 11.4 Å². The summed E-state index contributed by atoms with van der Waals surface area (Å²) in [6.45, 7) is 1.36. The van der Waals surface area contributed by atoms with Crippen molar-refractivity contribution in [3.63, 3.8) is 0 Å². The first kappa shape index (κ1) is 17.4. The Labute approximate surface area is 157 Å². The van der Waals surface area contributed by atoms with Gasteiger partial charge in [0.25, 0.3) is 5.91 Å². The Morgan fingerprint density at radius 1 is 1.11 bits per heavy atom. The van der Waals surface area contributed by atoms with E-state index >= 15 is 0 Å². The summed E-state index contributed by atoms with van der Waals surface area (Å²) in [5.74, 6) is 1.57. The van der Waals surface area contributed by atoms with Crippen LogP contribution in [0, 0.1) is 11.7 Å². The van der Waals surface area contributed by atoms with Gasteiger partial charge < -0.3 is 4.90 Å². The van der Waals surface area contributed by atoms with E-state index in [2.05, 4.69) is 15.2 Å². The predicted octanol–water partition coefficient (Wildman–Crippen LogP) is 3.71. The number of nitrogens with zero attached hydrogens (tertiary/aromatic N) is 3. The summed E-state index contributed by atoms with van der Waals surface area (Å²) in [6, 6.07) is 15.8. The molecule has 138 valence electrons. The fourth-order valence-electron chi connectivity index (χ4n) is 3.52. The lowest BCUT2D eigenvalue weighted by Gasteiger charge is -2.31. The van der Waals surface area contributed by atoms with Crippen molar-refractivity contribution in [2.24, 2.45) is 5.92 Å². The number of hydrogen-bond acceptors (Lipinski definition) is 3. The second-order valence-corrected chi connectivity index (χ2v) is 6.92. The molecule has 1 N–H and O–H groups in total. The number of carbonyl (C=O) groups is 1. The lowest BCUT2D eigenvalue weighted by Crippen LogP contribution is -2.39. The van der Waals surface area contributed by atoms with Gasteiger partial charge in [-0.1, -0.05) is 36.4 Å². The molecular formula is C21H21FN4O. The van der Waals surface area contributed by atoms with Crippen molar-refractivity contribution in [1.29, 1.82) is 0 Å². The van der Waals surface area contributed by atoms with Crippen LogP contribution in [0.4, 0.5) is 4.39 Å². The van der Waals surface area contributed by atoms with Crippen molar-refractivity contribution in [1.82, 2.24) is 20.1 Å². The maximum absolute atomic E-state index is 13.3. The second kappa shape index (κ2) is 7.70. The fraction of sp³-hybridized carbons (Fsp3) is 0.286. The van der Waals surface area contributed by atoms with Gasteiger partial charge in [0.1, 0.15) is 11.6 Å². The van der Waals surface area contributed by atoms with Gasteiger partial charge in [0, 0.05) is 30.6 Å². The first-order valence-electron chi connectivity index (χ1n) is 9.20. The quantitative estimate of drug-likeness (QED) is 0.768. The molecule has 6 heteroatoms. The number of nitrogens with one attached hydrogen (secondary N) is 1. The third kappa shape index (κ3) is 4.05. The Morgan fingerprint density at radius 2 is 1.89 bits per heavy atom. The number of rotatable bonds is 4. The maximum atomic E-state index is 13.3. The molecule has 1 fully saturated rings. The molecule has 0 atom stereocenters. The number of benzene rings is 2. The molecule has 0 spiro atoms. The lowest BCUT2D eigenvalue weighted by atomic mass is 9.93. The van der Waals surface area contributed by atoms with Crippen LogP contribution in [0.15, 0.2) is 54.6 Å². The SMILES string of the molecule is O=C(c1cccc(F)c1)N1CCC(Cc2nc(-c3ccccc3)n[nH]2)CC1. The van der Waals surface area contributed by atoms with Gasteiger partial charge in [-0.25, -0.2) is 9.37 Å². The van der Waals surface area contributed by atoms with E-state index < -0.39 is 0 Å². The van der Waals surface area contributed by atoms with Crippen LogP contribution in [0.1, 0.15) is 29.0 Å². The summed E-state index contributed by atoms with van der Waals surface area (Å²) in [5, 5.41) is 7.34. The van der Waals surface area contributed by atoms with Crippen molar-refractivity contribution < 1.29 is 9.18 Å². The van der Waals surface area contributed by atoms with Gasteiger partial charge in [-0.15, -0.1) is 0 Å². The number of hydrogen-bond donors (Lipinski definition) is 1. The molecule has 1 aliphatic rings. The number of aromatic amines is 1. The Hall–Kier alpha value is -3.02. The fourth-order valence-corrected chi connectivity index (χ4v) is 3.52. The number of carbonyl (C=O) groups excluding carboxylic acids is 1. The van der Waals surface area contributed by atoms with Crippen LogP contribution in [-0.4, -0.2) is 39.1 Å². The molecule has 2 heterocycles. The van der Waals surface area contributed by atoms with Crippen molar-refractivity contribution >= 4 is 5.91 Å². The zero-order valence-corrected chi connectivity index (χ0v) is 14.9. The van der Waals surface area contributed by atoms with E-state index in [1.54, 1.807) is 17.0 Å². The zero-order chi connectivity index (χ0) is 18.6. The zero-order valence-electron chi connectivity index (χ0n) is 14.9. The van der Waals surface area contributed by atoms with Crippen molar-refractivity contribution in [2.75, 3.05) is 13.1 Å². The molecule has 1 saturated heterocycles. The van der Waals surface area contributed by atoms with Crippen LogP contribution in [0.5, 0.6) is 0 Å². The van der Waals surface area contributed by atoms with Gasteiger partial charge in [0.05, 0.1) is 0 Å². The van der Waals surface area contributed by atoms with E-state index in [4.69, 9.17) is 0 Å². The van der Waals surface area contributed by atoms with Crippen molar-refractivity contribution in [3.8, 4) is 11.4 Å². The first-order valence-corrected chi connectivity index (χ1v) is 9.20. The number of piperidine rings is 1. The molecular weight excluding hydrogens is 343 g/mol. The molecule has 5 nitrogen and oxygen atoms in total. The summed E-state index contributed by atoms with van der Waals surface area (Å²) < 4.78 is 13.3. The van der Waals surface area contributed by atoms with Crippen molar-refractivity contribution in [2.45, 2.75) is 19.3 Å². The van der Waals surface area contributed by atoms with Gasteiger partial charge in [0.2, 0.25) is 0 Å². The highest BCUT2D eigenvalue weighted by Crippen LogP contribution is 2.23. The normalized spacial score (nSPS) is 15.1. The summed E-state index contributed by atoms with van der Waals surface area (Å²) in [5.41, 5.74) is 1.41. The van der Waals surface area contributed by atoms with Gasteiger partial charge in [-0.3, -0.25) is 9.89 Å². The number of likely N-dealkylation sites (tertiary alicyclic amines) is 1. The summed E-state index contributed by atoms with van der Waals surface area (Å²) in [4.78, 5) is 18.9. The number of H-pyrrole nitrogens is 1. The topological polar surface area (TPSA) is 61.9 Å². The monoisotopic (exact) mass is 364 g/mol. The first-order chi connectivity index (χ1) is 13.2. The molecule has 3 aromatic rings. The molecule has 2 aromatic carbocycles. The second-order valence-electron chi connectivity index (χ2n) is 6.92. The van der Waals surface area contributed by atoms with E-state index in [0.29, 0.717) is 30.4 Å². The Morgan fingerprint density at radius 3 is 2.63 bits per heavy atom. The lowest BCUT2D eigenvalue weighted by molar-refractivity contribution is 0.0689. The molecule has 0 radical (unpaired) electrons. The predicted molar refractivity (Wildman–Crippen MR) is 101 cm³/mol. The van der Waals surface area contributed by atoms with Crippen LogP contribution < -0.4 is 0 Å². The standard InChI is InChI=1S/C21H21FN4O/c22-18-8-4-7-17(14-18)21(27)26-11-9-15(10-12-26)13-19-23-20(25-24-19)16-5-2-1-3-6-16/h1-8,14-15H,9-13H2,(H,23,24,25). The molecule has 4 rings (SSSR count). The van der Waals surface area contributed by atoms with Gasteiger partial charge in [-0.2, -0.15) is 5.10 Å². The molecule has 1 aliphatic heterocycles. The van der Waals surface area contributed by atoms with E-state index in [9.17, 15) is 9.18 Å². The Kier molecular flexibility index (Phi) is 4.96. The Bertz CT molecular complexity index is 917. The largest absolute Gasteiger partial charge is 0.339 e. The van der Waals surface area contributed by atoms with Crippen molar-refractivity contribution in [3.05, 3.63) is 71.8 Å². The third-order valence-electron chi connectivity index (χ3n) is 5.02. The molecule has 1 aromatic heterocycles. The molecule has 0 bridgehead atoms. The number of amides is 1. The number of aromatic nitrogens is 3. The van der Waals surface area contributed by atoms with E-state index in [-0.39, 0.29) is 11.7 Å². The smallest absolute Gasteiger partial charge is 0.253 e.